The van der Waals surface area contributed by atoms with Gasteiger partial charge in [0.2, 0.25) is 5.91 Å². The van der Waals surface area contributed by atoms with Gasteiger partial charge in [0, 0.05) is 35.2 Å². The number of nitrogens with zero attached hydrogens (tertiary/aromatic N) is 1. The molecule has 0 fully saturated rings. The minimum absolute atomic E-state index is 0.0808. The highest BCUT2D eigenvalue weighted by Gasteiger charge is 2.51. The molecule has 3 N–H and O–H groups in total. The molecule has 0 spiro atoms. The summed E-state index contributed by atoms with van der Waals surface area (Å²) in [6.45, 7) is -0.622. The zero-order chi connectivity index (χ0) is 32.5. The van der Waals surface area contributed by atoms with Crippen LogP contribution in [0.2, 0.25) is 0 Å². The number of halogens is 1. The topological polar surface area (TPSA) is 156 Å². The molecule has 6 rings (SSSR count). The van der Waals surface area contributed by atoms with Gasteiger partial charge in [-0.2, -0.15) is 0 Å². The Balaban J connectivity index is 1.50. The number of fused-ring (bicyclic) bond motifs is 4. The first-order valence-corrected chi connectivity index (χ1v) is 14.4. The maximum absolute atomic E-state index is 14.3. The molecule has 12 heteroatoms. The lowest BCUT2D eigenvalue weighted by atomic mass is 9.77. The molecule has 2 amide bonds. The van der Waals surface area contributed by atoms with Gasteiger partial charge in [-0.25, -0.2) is 9.18 Å². The summed E-state index contributed by atoms with van der Waals surface area (Å²) in [5.74, 6) is -2.37. The Kier molecular flexibility index (Phi) is 8.39. The number of rotatable bonds is 9. The van der Waals surface area contributed by atoms with E-state index in [1.165, 1.54) is 60.6 Å². The van der Waals surface area contributed by atoms with Crippen molar-refractivity contribution in [2.24, 2.45) is 0 Å². The van der Waals surface area contributed by atoms with Crippen LogP contribution in [0.15, 0.2) is 87.6 Å². The van der Waals surface area contributed by atoms with Crippen molar-refractivity contribution < 1.29 is 42.9 Å². The van der Waals surface area contributed by atoms with Crippen LogP contribution in [0.25, 0.3) is 11.0 Å². The maximum Gasteiger partial charge on any atom is 0.349 e. The number of aldehydes is 1. The summed E-state index contributed by atoms with van der Waals surface area (Å²) in [7, 11) is 1.39. The van der Waals surface area contributed by atoms with E-state index in [0.29, 0.717) is 22.8 Å². The van der Waals surface area contributed by atoms with Gasteiger partial charge in [0.1, 0.15) is 35.5 Å². The molecule has 11 nitrogen and oxygen atoms in total. The van der Waals surface area contributed by atoms with E-state index in [0.717, 1.165) is 0 Å². The van der Waals surface area contributed by atoms with Crippen LogP contribution in [0.3, 0.4) is 0 Å². The monoisotopic (exact) mass is 628 g/mol. The zero-order valence-electron chi connectivity index (χ0n) is 24.5. The second-order valence-electron chi connectivity index (χ2n) is 10.9. The molecule has 3 aromatic carbocycles. The predicted molar refractivity (Wildman–Crippen MR) is 162 cm³/mol. The number of nitrogens with one attached hydrogen (secondary N) is 1. The molecule has 1 aliphatic carbocycles. The van der Waals surface area contributed by atoms with Crippen molar-refractivity contribution in [2.75, 3.05) is 20.3 Å². The minimum atomic E-state index is -1.46. The molecule has 4 aromatic rings. The number of methoxy groups -OCH3 is 1. The smallest absolute Gasteiger partial charge is 0.349 e. The van der Waals surface area contributed by atoms with Crippen molar-refractivity contribution >= 4 is 29.1 Å². The van der Waals surface area contributed by atoms with Crippen LogP contribution in [0.4, 0.5) is 4.39 Å². The van der Waals surface area contributed by atoms with Crippen LogP contribution in [0.1, 0.15) is 37.8 Å². The van der Waals surface area contributed by atoms with E-state index in [4.69, 9.17) is 13.9 Å². The third-order valence-corrected chi connectivity index (χ3v) is 8.17. The van der Waals surface area contributed by atoms with Crippen LogP contribution < -0.4 is 20.4 Å². The van der Waals surface area contributed by atoms with Gasteiger partial charge < -0.3 is 34.3 Å². The lowest BCUT2D eigenvalue weighted by Gasteiger charge is -2.40. The summed E-state index contributed by atoms with van der Waals surface area (Å²) in [5.41, 5.74) is 0.294. The van der Waals surface area contributed by atoms with Gasteiger partial charge in [0.05, 0.1) is 25.7 Å². The number of carbonyl (C=O) groups is 3. The summed E-state index contributed by atoms with van der Waals surface area (Å²) in [6, 6.07) is 15.2. The average Bonchev–Trinajstić information content (AvgIpc) is 3.46. The van der Waals surface area contributed by atoms with E-state index in [2.05, 4.69) is 5.32 Å². The van der Waals surface area contributed by atoms with Crippen molar-refractivity contribution in [2.45, 2.75) is 30.7 Å². The van der Waals surface area contributed by atoms with Gasteiger partial charge >= 0.3 is 5.63 Å². The van der Waals surface area contributed by atoms with E-state index in [1.807, 2.05) is 0 Å². The normalized spacial score (nSPS) is 19.8. The second-order valence-corrected chi connectivity index (χ2v) is 10.9. The Morgan fingerprint density at radius 1 is 1.11 bits per heavy atom. The zero-order valence-corrected chi connectivity index (χ0v) is 24.5. The average molecular weight is 629 g/mol. The quantitative estimate of drug-likeness (QED) is 0.187. The fourth-order valence-electron chi connectivity index (χ4n) is 6.02. The Bertz CT molecular complexity index is 1920. The van der Waals surface area contributed by atoms with Gasteiger partial charge in [-0.05, 0) is 48.0 Å². The molecule has 1 aliphatic heterocycles. The summed E-state index contributed by atoms with van der Waals surface area (Å²) < 4.78 is 30.9. The van der Waals surface area contributed by atoms with Crippen LogP contribution in [-0.4, -0.2) is 71.7 Å². The van der Waals surface area contributed by atoms with E-state index in [9.17, 15) is 33.8 Å². The van der Waals surface area contributed by atoms with Crippen LogP contribution in [0, 0.1) is 5.82 Å². The first-order valence-electron chi connectivity index (χ1n) is 14.4. The Labute approximate surface area is 261 Å². The lowest BCUT2D eigenvalue weighted by molar-refractivity contribution is -0.118. The van der Waals surface area contributed by atoms with Gasteiger partial charge in [0.25, 0.3) is 5.91 Å². The van der Waals surface area contributed by atoms with Gasteiger partial charge in [-0.3, -0.25) is 14.4 Å². The molecule has 0 saturated heterocycles. The summed E-state index contributed by atoms with van der Waals surface area (Å²) in [6.07, 6.45) is -0.562. The molecule has 0 saturated carbocycles. The molecular weight excluding hydrogens is 599 g/mol. The summed E-state index contributed by atoms with van der Waals surface area (Å²) >= 11 is 0. The van der Waals surface area contributed by atoms with E-state index < -0.39 is 47.4 Å². The van der Waals surface area contributed by atoms with E-state index in [-0.39, 0.29) is 53.5 Å². The van der Waals surface area contributed by atoms with Crippen molar-refractivity contribution in [1.82, 2.24) is 10.2 Å². The summed E-state index contributed by atoms with van der Waals surface area (Å²) in [4.78, 5) is 53.9. The molecular formula is C34H29FN2O9. The Hall–Kier alpha value is -5.33. The number of hydrogen-bond acceptors (Lipinski definition) is 9. The Morgan fingerprint density at radius 2 is 1.87 bits per heavy atom. The van der Waals surface area contributed by atoms with Crippen LogP contribution >= 0.6 is 0 Å². The van der Waals surface area contributed by atoms with Gasteiger partial charge in [-0.15, -0.1) is 0 Å². The third kappa shape index (κ3) is 5.52. The molecule has 236 valence electrons. The number of aliphatic hydroxyl groups excluding tert-OH is 2. The highest BCUT2D eigenvalue weighted by Crippen LogP contribution is 2.51. The number of carbonyl (C=O) groups excluding carboxylic acids is 3. The van der Waals surface area contributed by atoms with Crippen molar-refractivity contribution in [3.05, 3.63) is 117 Å². The molecule has 46 heavy (non-hydrogen) atoms. The highest BCUT2D eigenvalue weighted by molar-refractivity contribution is 5.99. The van der Waals surface area contributed by atoms with E-state index in [1.54, 1.807) is 24.3 Å². The predicted octanol–water partition coefficient (Wildman–Crippen LogP) is 2.72. The molecule has 0 bridgehead atoms. The van der Waals surface area contributed by atoms with E-state index >= 15 is 0 Å². The fourth-order valence-corrected chi connectivity index (χ4v) is 6.02. The van der Waals surface area contributed by atoms with Crippen LogP contribution in [0.5, 0.6) is 11.5 Å². The van der Waals surface area contributed by atoms with Crippen molar-refractivity contribution in [3.63, 3.8) is 0 Å². The number of aliphatic hydroxyl groups is 2. The number of ether oxygens (including phenoxy) is 2. The van der Waals surface area contributed by atoms with Gasteiger partial charge in [0.15, 0.2) is 11.5 Å². The van der Waals surface area contributed by atoms with Crippen molar-refractivity contribution in [3.8, 4) is 11.5 Å². The number of benzene rings is 3. The maximum atomic E-state index is 14.3. The molecule has 1 aromatic heterocycles. The minimum Gasteiger partial charge on any atom is -0.493 e. The standard InChI is InChI=1S/C34H29FN2O9/c1-44-27-13-19(17-39)12-22-28-23(32(41)36-10-11-38)15-25(29(40)31(28)46-30(22)27)37(16-18-6-8-21(35)9-7-18)33(42)24-14-20-4-2-3-5-26(20)45-34(24)43/h2-9,12-15,17,25,28-29,31,38,40H,10-11,16H2,1H3,(H,36,41)/t25-,28+,29+,31+/m1/s1. The molecule has 0 radical (unpaired) electrons. The lowest BCUT2D eigenvalue weighted by Crippen LogP contribution is -2.55. The third-order valence-electron chi connectivity index (χ3n) is 8.17. The molecule has 2 heterocycles. The second kappa shape index (κ2) is 12.6. The fraction of sp³-hybridized carbons (Fsp3) is 0.235. The number of para-hydroxylation sites is 1. The van der Waals surface area contributed by atoms with Gasteiger partial charge in [-0.1, -0.05) is 30.3 Å². The largest absolute Gasteiger partial charge is 0.493 e. The number of amides is 2. The highest BCUT2D eigenvalue weighted by atomic mass is 19.1. The summed E-state index contributed by atoms with van der Waals surface area (Å²) in [5, 5.41) is 24.4. The first kappa shape index (κ1) is 30.7. The van der Waals surface area contributed by atoms with Crippen molar-refractivity contribution in [1.29, 1.82) is 0 Å². The first-order chi connectivity index (χ1) is 22.2. The Morgan fingerprint density at radius 3 is 2.59 bits per heavy atom. The number of hydrogen-bond donors (Lipinski definition) is 3. The molecule has 4 atom stereocenters. The molecule has 0 unspecified atom stereocenters. The SMILES string of the molecule is COc1cc(C=O)cc2c1O[C@@H]1[C@@H](O)[C@H](N(Cc3ccc(F)cc3)C(=O)c3cc4ccccc4oc3=O)C=C(C(=O)NCCO)[C@H]21. The molecule has 2 aliphatic rings. The van der Waals surface area contributed by atoms with Crippen LogP contribution in [-0.2, 0) is 11.3 Å².